The van der Waals surface area contributed by atoms with E-state index >= 15 is 0 Å². The van der Waals surface area contributed by atoms with Gasteiger partial charge in [0, 0.05) is 6.54 Å². The Bertz CT molecular complexity index is 406. The van der Waals surface area contributed by atoms with Crippen molar-refractivity contribution in [3.05, 3.63) is 11.9 Å². The smallest absolute Gasteiger partial charge is 0.332 e. The predicted molar refractivity (Wildman–Crippen MR) is 60.5 cm³/mol. The van der Waals surface area contributed by atoms with E-state index in [0.717, 1.165) is 4.90 Å². The molecular weight excluding hydrogens is 240 g/mol. The molecule has 1 unspecified atom stereocenters. The summed E-state index contributed by atoms with van der Waals surface area (Å²) in [4.78, 5) is 23.3. The third-order valence-corrected chi connectivity index (χ3v) is 2.35. The van der Waals surface area contributed by atoms with Crippen LogP contribution in [0.5, 0.6) is 0 Å². The highest BCUT2D eigenvalue weighted by atomic mass is 16.4. The number of hydrogen-bond acceptors (Lipinski definition) is 5. The van der Waals surface area contributed by atoms with E-state index in [9.17, 15) is 9.59 Å². The molecule has 1 amide bonds. The fraction of sp³-hybridized carbons (Fsp3) is 0.600. The van der Waals surface area contributed by atoms with Crippen LogP contribution in [0.25, 0.3) is 0 Å². The maximum Gasteiger partial charge on any atom is 0.332 e. The molecule has 1 aromatic heterocycles. The lowest BCUT2D eigenvalue weighted by atomic mass is 10.2. The number of aliphatic hydroxyl groups is 1. The molecule has 0 aliphatic rings. The molecule has 2 N–H and O–H groups in total. The van der Waals surface area contributed by atoms with E-state index in [1.165, 1.54) is 10.9 Å². The van der Waals surface area contributed by atoms with Crippen LogP contribution in [0.2, 0.25) is 0 Å². The van der Waals surface area contributed by atoms with Gasteiger partial charge in [-0.2, -0.15) is 0 Å². The molecule has 0 aliphatic carbocycles. The third kappa shape index (κ3) is 3.27. The molecule has 100 valence electrons. The zero-order chi connectivity index (χ0) is 13.5. The van der Waals surface area contributed by atoms with Gasteiger partial charge in [-0.3, -0.25) is 4.79 Å². The minimum atomic E-state index is -1.16. The monoisotopic (exact) mass is 256 g/mol. The van der Waals surface area contributed by atoms with E-state index in [0.29, 0.717) is 19.4 Å². The summed E-state index contributed by atoms with van der Waals surface area (Å²) in [6.07, 6.45) is 2.56. The number of carbonyl (C=O) groups is 2. The van der Waals surface area contributed by atoms with Crippen LogP contribution in [0.4, 0.5) is 0 Å². The molecule has 0 aromatic carbocycles. The van der Waals surface area contributed by atoms with Crippen molar-refractivity contribution < 1.29 is 19.8 Å². The summed E-state index contributed by atoms with van der Waals surface area (Å²) in [5.74, 6) is -1.16. The van der Waals surface area contributed by atoms with Crippen molar-refractivity contribution in [2.45, 2.75) is 25.9 Å². The van der Waals surface area contributed by atoms with Gasteiger partial charge in [0.1, 0.15) is 5.69 Å². The summed E-state index contributed by atoms with van der Waals surface area (Å²) in [5, 5.41) is 25.3. The van der Waals surface area contributed by atoms with Crippen molar-refractivity contribution in [2.75, 3.05) is 13.2 Å². The van der Waals surface area contributed by atoms with Crippen LogP contribution in [-0.2, 0) is 16.1 Å². The Morgan fingerprint density at radius 1 is 1.67 bits per heavy atom. The first-order valence-electron chi connectivity index (χ1n) is 5.58. The average molecular weight is 256 g/mol. The van der Waals surface area contributed by atoms with Gasteiger partial charge in [-0.15, -0.1) is 5.10 Å². The van der Waals surface area contributed by atoms with E-state index in [4.69, 9.17) is 10.2 Å². The Morgan fingerprint density at radius 2 is 2.39 bits per heavy atom. The van der Waals surface area contributed by atoms with Crippen molar-refractivity contribution in [1.29, 1.82) is 0 Å². The quantitative estimate of drug-likeness (QED) is 0.593. The number of amides is 1. The van der Waals surface area contributed by atoms with E-state index < -0.39 is 12.0 Å². The molecule has 1 atom stereocenters. The lowest BCUT2D eigenvalue weighted by molar-refractivity contribution is -0.146. The maximum absolute atomic E-state index is 11.2. The fourth-order valence-electron chi connectivity index (χ4n) is 1.59. The van der Waals surface area contributed by atoms with E-state index in [1.54, 1.807) is 0 Å². The summed E-state index contributed by atoms with van der Waals surface area (Å²) in [7, 11) is 0. The predicted octanol–water partition coefficient (Wildman–Crippen LogP) is -0.735. The molecule has 18 heavy (non-hydrogen) atoms. The highest BCUT2D eigenvalue weighted by Gasteiger charge is 2.28. The van der Waals surface area contributed by atoms with E-state index in [-0.39, 0.29) is 18.8 Å². The van der Waals surface area contributed by atoms with Crippen LogP contribution >= 0.6 is 0 Å². The first kappa shape index (κ1) is 14.1. The van der Waals surface area contributed by atoms with Crippen LogP contribution in [0.1, 0.15) is 25.1 Å². The van der Waals surface area contributed by atoms with Crippen LogP contribution in [0, 0.1) is 0 Å². The molecule has 0 spiro atoms. The summed E-state index contributed by atoms with van der Waals surface area (Å²) in [6.45, 7) is 2.28. The fourth-order valence-corrected chi connectivity index (χ4v) is 1.59. The van der Waals surface area contributed by atoms with Crippen molar-refractivity contribution in [3.8, 4) is 0 Å². The number of rotatable bonds is 8. The summed E-state index contributed by atoms with van der Waals surface area (Å²) in [6, 6.07) is -1.14. The van der Waals surface area contributed by atoms with Crippen LogP contribution < -0.4 is 0 Å². The molecule has 1 aromatic rings. The summed E-state index contributed by atoms with van der Waals surface area (Å²) in [5.41, 5.74) is 0.177. The standard InChI is InChI=1S/C10H16N4O4/c1-2-3-13(7-16)9(10(17)18)8-6-14(4-5-15)12-11-8/h6-7,9,15H,2-5H2,1H3,(H,17,18). The number of carboxylic acids is 1. The first-order chi connectivity index (χ1) is 8.63. The Labute approximate surface area is 104 Å². The molecule has 1 heterocycles. The number of carbonyl (C=O) groups excluding carboxylic acids is 1. The Balaban J connectivity index is 2.95. The van der Waals surface area contributed by atoms with Crippen molar-refractivity contribution in [2.24, 2.45) is 0 Å². The largest absolute Gasteiger partial charge is 0.479 e. The number of carboxylic acid groups (broad SMARTS) is 1. The number of nitrogens with zero attached hydrogens (tertiary/aromatic N) is 4. The molecular formula is C10H16N4O4. The van der Waals surface area contributed by atoms with Gasteiger partial charge in [-0.05, 0) is 6.42 Å². The molecule has 0 saturated heterocycles. The Kier molecular flexibility index (Phi) is 5.25. The number of aliphatic hydroxyl groups excluding tert-OH is 1. The Morgan fingerprint density at radius 3 is 2.89 bits per heavy atom. The molecule has 0 bridgehead atoms. The van der Waals surface area contributed by atoms with Gasteiger partial charge in [-0.25, -0.2) is 9.48 Å². The van der Waals surface area contributed by atoms with Crippen LogP contribution in [-0.4, -0.2) is 55.6 Å². The van der Waals surface area contributed by atoms with Gasteiger partial charge in [0.15, 0.2) is 6.04 Å². The van der Waals surface area contributed by atoms with Gasteiger partial charge < -0.3 is 15.1 Å². The SMILES string of the molecule is CCCN(C=O)C(C(=O)O)c1cn(CCO)nn1. The van der Waals surface area contributed by atoms with Crippen molar-refractivity contribution in [3.63, 3.8) is 0 Å². The summed E-state index contributed by atoms with van der Waals surface area (Å²) < 4.78 is 1.33. The molecule has 0 aliphatic heterocycles. The topological polar surface area (TPSA) is 109 Å². The highest BCUT2D eigenvalue weighted by molar-refractivity contribution is 5.77. The van der Waals surface area contributed by atoms with Crippen LogP contribution in [0.3, 0.4) is 0 Å². The molecule has 1 rings (SSSR count). The van der Waals surface area contributed by atoms with Gasteiger partial charge in [0.05, 0.1) is 19.3 Å². The van der Waals surface area contributed by atoms with Gasteiger partial charge >= 0.3 is 5.97 Å². The highest BCUT2D eigenvalue weighted by Crippen LogP contribution is 2.17. The second-order valence-corrected chi connectivity index (χ2v) is 3.71. The van der Waals surface area contributed by atoms with Crippen LogP contribution in [0.15, 0.2) is 6.20 Å². The minimum Gasteiger partial charge on any atom is -0.479 e. The van der Waals surface area contributed by atoms with E-state index in [2.05, 4.69) is 10.3 Å². The minimum absolute atomic E-state index is 0.118. The van der Waals surface area contributed by atoms with Crippen molar-refractivity contribution >= 4 is 12.4 Å². The molecule has 8 nitrogen and oxygen atoms in total. The molecule has 0 radical (unpaired) electrons. The normalized spacial score (nSPS) is 12.1. The third-order valence-electron chi connectivity index (χ3n) is 2.35. The van der Waals surface area contributed by atoms with Gasteiger partial charge in [0.25, 0.3) is 0 Å². The Hall–Kier alpha value is -1.96. The lowest BCUT2D eigenvalue weighted by Gasteiger charge is -2.22. The maximum atomic E-state index is 11.2. The second-order valence-electron chi connectivity index (χ2n) is 3.71. The number of hydrogen-bond donors (Lipinski definition) is 2. The molecule has 0 fully saturated rings. The average Bonchev–Trinajstić information content (AvgIpc) is 2.77. The zero-order valence-corrected chi connectivity index (χ0v) is 10.1. The molecule has 0 saturated carbocycles. The molecule has 8 heteroatoms. The van der Waals surface area contributed by atoms with Gasteiger partial charge in [-0.1, -0.05) is 12.1 Å². The summed E-state index contributed by atoms with van der Waals surface area (Å²) >= 11 is 0. The number of aromatic nitrogens is 3. The van der Waals surface area contributed by atoms with Gasteiger partial charge in [0.2, 0.25) is 6.41 Å². The zero-order valence-electron chi connectivity index (χ0n) is 10.1. The van der Waals surface area contributed by atoms with Crippen molar-refractivity contribution in [1.82, 2.24) is 19.9 Å². The lowest BCUT2D eigenvalue weighted by Crippen LogP contribution is -2.34. The second kappa shape index (κ2) is 6.70. The number of aliphatic carboxylic acids is 1. The van der Waals surface area contributed by atoms with E-state index in [1.807, 2.05) is 6.92 Å². The first-order valence-corrected chi connectivity index (χ1v) is 5.58.